The van der Waals surface area contributed by atoms with Gasteiger partial charge in [0.1, 0.15) is 11.9 Å². The van der Waals surface area contributed by atoms with Gasteiger partial charge in [-0.15, -0.1) is 0 Å². The van der Waals surface area contributed by atoms with Gasteiger partial charge in [0.25, 0.3) is 0 Å². The summed E-state index contributed by atoms with van der Waals surface area (Å²) in [6.07, 6.45) is -0.528. The van der Waals surface area contributed by atoms with E-state index in [2.05, 4.69) is 0 Å². The van der Waals surface area contributed by atoms with E-state index in [4.69, 9.17) is 22.0 Å². The monoisotopic (exact) mass is 213 g/mol. The van der Waals surface area contributed by atoms with Crippen LogP contribution in [0.3, 0.4) is 0 Å². The molecule has 0 unspecified atom stereocenters. The predicted molar refractivity (Wildman–Crippen MR) is 47.5 cm³/mol. The first kappa shape index (κ1) is 10.5. The first-order chi connectivity index (χ1) is 6.56. The number of carboxylic acid groups (broad SMARTS) is 1. The van der Waals surface area contributed by atoms with E-state index >= 15 is 0 Å². The van der Waals surface area contributed by atoms with Gasteiger partial charge in [-0.25, -0.2) is 4.39 Å². The Balaban J connectivity index is 3.27. The molecule has 14 heavy (non-hydrogen) atoms. The van der Waals surface area contributed by atoms with Gasteiger partial charge in [-0.2, -0.15) is 5.26 Å². The molecular formula is C9H5ClFNO2. The van der Waals surface area contributed by atoms with Crippen LogP contribution in [0.2, 0.25) is 5.02 Å². The van der Waals surface area contributed by atoms with Crippen LogP contribution in [0.25, 0.3) is 0 Å². The molecule has 72 valence electrons. The normalized spacial score (nSPS) is 9.50. The maximum absolute atomic E-state index is 13.1. The molecule has 0 radical (unpaired) electrons. The van der Waals surface area contributed by atoms with Gasteiger partial charge in [-0.1, -0.05) is 11.6 Å². The zero-order valence-electron chi connectivity index (χ0n) is 6.92. The molecule has 0 saturated heterocycles. The second-order valence-corrected chi connectivity index (χ2v) is 2.95. The lowest BCUT2D eigenvalue weighted by molar-refractivity contribution is -0.136. The van der Waals surface area contributed by atoms with Gasteiger partial charge in [0.05, 0.1) is 17.0 Å². The number of benzene rings is 1. The fourth-order valence-electron chi connectivity index (χ4n) is 0.997. The van der Waals surface area contributed by atoms with E-state index in [1.54, 1.807) is 6.07 Å². The minimum atomic E-state index is -1.19. The van der Waals surface area contributed by atoms with Crippen LogP contribution in [0.5, 0.6) is 0 Å². The van der Waals surface area contributed by atoms with Crippen molar-refractivity contribution in [2.75, 3.05) is 0 Å². The van der Waals surface area contributed by atoms with Crippen LogP contribution in [0.15, 0.2) is 12.1 Å². The van der Waals surface area contributed by atoms with Crippen molar-refractivity contribution >= 4 is 17.6 Å². The summed E-state index contributed by atoms with van der Waals surface area (Å²) in [4.78, 5) is 10.4. The number of carbonyl (C=O) groups is 1. The Morgan fingerprint density at radius 2 is 2.29 bits per heavy atom. The molecule has 0 aliphatic heterocycles. The molecule has 1 aromatic rings. The van der Waals surface area contributed by atoms with Crippen molar-refractivity contribution in [3.8, 4) is 6.07 Å². The Morgan fingerprint density at radius 1 is 1.64 bits per heavy atom. The molecule has 0 atom stereocenters. The molecule has 0 fully saturated rings. The highest BCUT2D eigenvalue weighted by Gasteiger charge is 2.14. The number of hydrogen-bond donors (Lipinski definition) is 1. The van der Waals surface area contributed by atoms with Crippen molar-refractivity contribution in [2.45, 2.75) is 6.42 Å². The zero-order chi connectivity index (χ0) is 10.7. The summed E-state index contributed by atoms with van der Waals surface area (Å²) in [6, 6.07) is 3.99. The van der Waals surface area contributed by atoms with Crippen LogP contribution in [0.1, 0.15) is 11.1 Å². The summed E-state index contributed by atoms with van der Waals surface area (Å²) in [6.45, 7) is 0. The first-order valence-corrected chi connectivity index (χ1v) is 4.03. The summed E-state index contributed by atoms with van der Waals surface area (Å²) < 4.78 is 13.1. The van der Waals surface area contributed by atoms with E-state index in [0.717, 1.165) is 6.07 Å². The Labute approximate surface area is 84.3 Å². The molecule has 1 rings (SSSR count). The average molecular weight is 214 g/mol. The first-order valence-electron chi connectivity index (χ1n) is 3.65. The molecule has 0 bridgehead atoms. The molecule has 0 aromatic heterocycles. The minimum absolute atomic E-state index is 0.0734. The van der Waals surface area contributed by atoms with Crippen molar-refractivity contribution in [2.24, 2.45) is 0 Å². The molecule has 0 amide bonds. The molecular weight excluding hydrogens is 209 g/mol. The van der Waals surface area contributed by atoms with Crippen LogP contribution < -0.4 is 0 Å². The molecule has 0 heterocycles. The second kappa shape index (κ2) is 4.07. The SMILES string of the molecule is N#Cc1ccc(F)c(CC(=O)O)c1Cl. The number of carboxylic acids is 1. The number of nitrogens with zero attached hydrogens (tertiary/aromatic N) is 1. The summed E-state index contributed by atoms with van der Waals surface area (Å²) in [5.41, 5.74) is -0.0810. The fraction of sp³-hybridized carbons (Fsp3) is 0.111. The van der Waals surface area contributed by atoms with Gasteiger partial charge in [0.15, 0.2) is 0 Å². The van der Waals surface area contributed by atoms with Crippen molar-refractivity contribution in [3.05, 3.63) is 34.1 Å². The van der Waals surface area contributed by atoms with E-state index in [9.17, 15) is 9.18 Å². The third kappa shape index (κ3) is 2.01. The number of nitriles is 1. The molecule has 0 saturated carbocycles. The molecule has 1 aromatic carbocycles. The molecule has 1 N–H and O–H groups in total. The lowest BCUT2D eigenvalue weighted by atomic mass is 10.1. The van der Waals surface area contributed by atoms with E-state index in [-0.39, 0.29) is 16.1 Å². The second-order valence-electron chi connectivity index (χ2n) is 2.57. The molecule has 0 aliphatic rings. The van der Waals surface area contributed by atoms with Crippen molar-refractivity contribution in [1.29, 1.82) is 5.26 Å². The smallest absolute Gasteiger partial charge is 0.307 e. The van der Waals surface area contributed by atoms with E-state index < -0.39 is 18.2 Å². The van der Waals surface area contributed by atoms with Crippen LogP contribution in [0, 0.1) is 17.1 Å². The molecule has 0 spiro atoms. The molecule has 0 aliphatic carbocycles. The van der Waals surface area contributed by atoms with Gasteiger partial charge < -0.3 is 5.11 Å². The van der Waals surface area contributed by atoms with Crippen LogP contribution >= 0.6 is 11.6 Å². The fourth-order valence-corrected chi connectivity index (χ4v) is 1.26. The summed E-state index contributed by atoms with van der Waals surface area (Å²) in [5.74, 6) is -1.91. The summed E-state index contributed by atoms with van der Waals surface area (Å²) in [7, 11) is 0. The maximum Gasteiger partial charge on any atom is 0.307 e. The zero-order valence-corrected chi connectivity index (χ0v) is 7.68. The summed E-state index contributed by atoms with van der Waals surface area (Å²) in [5, 5.41) is 16.9. The number of halogens is 2. The van der Waals surface area contributed by atoms with Crippen LogP contribution in [0.4, 0.5) is 4.39 Å². The van der Waals surface area contributed by atoms with Gasteiger partial charge in [0.2, 0.25) is 0 Å². The predicted octanol–water partition coefficient (Wildman–Crippen LogP) is 1.98. The number of rotatable bonds is 2. The molecule has 5 heteroatoms. The van der Waals surface area contributed by atoms with Gasteiger partial charge in [-0.3, -0.25) is 4.79 Å². The van der Waals surface area contributed by atoms with E-state index in [1.165, 1.54) is 6.07 Å². The lowest BCUT2D eigenvalue weighted by Crippen LogP contribution is -2.04. The number of aliphatic carboxylic acids is 1. The third-order valence-corrected chi connectivity index (χ3v) is 2.07. The highest BCUT2D eigenvalue weighted by Crippen LogP contribution is 2.23. The van der Waals surface area contributed by atoms with Gasteiger partial charge in [-0.05, 0) is 12.1 Å². The van der Waals surface area contributed by atoms with Gasteiger partial charge >= 0.3 is 5.97 Å². The Kier molecular flexibility index (Phi) is 3.05. The highest BCUT2D eigenvalue weighted by atomic mass is 35.5. The van der Waals surface area contributed by atoms with Crippen molar-refractivity contribution < 1.29 is 14.3 Å². The highest BCUT2D eigenvalue weighted by molar-refractivity contribution is 6.32. The average Bonchev–Trinajstić information content (AvgIpc) is 2.12. The van der Waals surface area contributed by atoms with Crippen molar-refractivity contribution in [1.82, 2.24) is 0 Å². The quantitative estimate of drug-likeness (QED) is 0.817. The standard InChI is InChI=1S/C9H5ClFNO2/c10-9-5(4-12)1-2-7(11)6(9)3-8(13)14/h1-2H,3H2,(H,13,14). The van der Waals surface area contributed by atoms with E-state index in [1.807, 2.05) is 0 Å². The Bertz CT molecular complexity index is 426. The van der Waals surface area contributed by atoms with Crippen molar-refractivity contribution in [3.63, 3.8) is 0 Å². The Morgan fingerprint density at radius 3 is 2.79 bits per heavy atom. The van der Waals surface area contributed by atoms with E-state index in [0.29, 0.717) is 0 Å². The third-order valence-electron chi connectivity index (χ3n) is 1.63. The Hall–Kier alpha value is -1.60. The van der Waals surface area contributed by atoms with Crippen LogP contribution in [-0.2, 0) is 11.2 Å². The molecule has 3 nitrogen and oxygen atoms in total. The topological polar surface area (TPSA) is 61.1 Å². The lowest BCUT2D eigenvalue weighted by Gasteiger charge is -2.03. The van der Waals surface area contributed by atoms with Crippen LogP contribution in [-0.4, -0.2) is 11.1 Å². The van der Waals surface area contributed by atoms with Gasteiger partial charge in [0, 0.05) is 5.56 Å². The minimum Gasteiger partial charge on any atom is -0.481 e. The maximum atomic E-state index is 13.1. The summed E-state index contributed by atoms with van der Waals surface area (Å²) >= 11 is 5.63. The largest absolute Gasteiger partial charge is 0.481 e. The number of hydrogen-bond acceptors (Lipinski definition) is 2.